The smallest absolute Gasteiger partial charge is 0.297 e. The van der Waals surface area contributed by atoms with Gasteiger partial charge in [0.2, 0.25) is 0 Å². The number of carbonyl (C=O) groups is 3. The van der Waals surface area contributed by atoms with Crippen LogP contribution in [0.3, 0.4) is 0 Å². The maximum Gasteiger partial charge on any atom is 0.297 e. The minimum Gasteiger partial charge on any atom is -0.504 e. The van der Waals surface area contributed by atoms with Gasteiger partial charge in [0.1, 0.15) is 11.6 Å². The highest BCUT2D eigenvalue weighted by Crippen LogP contribution is 2.28. The maximum absolute atomic E-state index is 13.3. The summed E-state index contributed by atoms with van der Waals surface area (Å²) in [5.74, 6) is -3.11. The molecule has 1 saturated heterocycles. The number of ether oxygens (including phenoxy) is 1. The molecule has 1 aromatic carbocycles. The quantitative estimate of drug-likeness (QED) is 0.378. The van der Waals surface area contributed by atoms with E-state index in [0.717, 1.165) is 29.7 Å². The van der Waals surface area contributed by atoms with E-state index in [4.69, 9.17) is 10.1 Å². The van der Waals surface area contributed by atoms with Crippen molar-refractivity contribution in [2.45, 2.75) is 19.3 Å². The molecule has 1 aliphatic carbocycles. The second-order valence-corrected chi connectivity index (χ2v) is 8.54. The third-order valence-electron chi connectivity index (χ3n) is 5.98. The van der Waals surface area contributed by atoms with Gasteiger partial charge >= 0.3 is 0 Å². The Morgan fingerprint density at radius 1 is 1.15 bits per heavy atom. The number of hydrogen-bond donors (Lipinski definition) is 2. The molecule has 2 aliphatic rings. The number of piperidine rings is 1. The standard InChI is InChI=1S/C25H28FN3O5/c1-28(2)25(33)23(31)22(30)18-13-19(21(34-3)14-20(18)27)24(32)29-10-8-16(9-11-29)12-15-4-6-17(26)7-5-15/h4-7,13-14,16,27,30H,8-12H2,1-3H3/b22-18-,27-20?. The van der Waals surface area contributed by atoms with Crippen molar-refractivity contribution < 1.29 is 28.6 Å². The molecule has 0 atom stereocenters. The van der Waals surface area contributed by atoms with Crippen LogP contribution in [0.1, 0.15) is 18.4 Å². The largest absolute Gasteiger partial charge is 0.504 e. The van der Waals surface area contributed by atoms with Crippen molar-refractivity contribution in [2.75, 3.05) is 34.3 Å². The molecule has 3 rings (SSSR count). The molecule has 1 aromatic rings. The van der Waals surface area contributed by atoms with Crippen LogP contribution < -0.4 is 0 Å². The number of aliphatic hydroxyl groups is 1. The van der Waals surface area contributed by atoms with E-state index in [2.05, 4.69) is 0 Å². The van der Waals surface area contributed by atoms with E-state index in [1.807, 2.05) is 0 Å². The van der Waals surface area contributed by atoms with Gasteiger partial charge in [0.15, 0.2) is 5.76 Å². The number of likely N-dealkylation sites (N-methyl/N-ethyl adjacent to an activating group) is 1. The van der Waals surface area contributed by atoms with E-state index in [1.165, 1.54) is 45.5 Å². The average Bonchev–Trinajstić information content (AvgIpc) is 2.83. The van der Waals surface area contributed by atoms with E-state index in [0.29, 0.717) is 19.0 Å². The Balaban J connectivity index is 1.76. The highest BCUT2D eigenvalue weighted by molar-refractivity contribution is 6.43. The molecule has 0 radical (unpaired) electrons. The first-order chi connectivity index (χ1) is 16.1. The van der Waals surface area contributed by atoms with Gasteiger partial charge in [-0.05, 0) is 49.0 Å². The van der Waals surface area contributed by atoms with Gasteiger partial charge in [0.25, 0.3) is 17.6 Å². The van der Waals surface area contributed by atoms with Crippen LogP contribution in [0.4, 0.5) is 4.39 Å². The van der Waals surface area contributed by atoms with E-state index < -0.39 is 17.4 Å². The van der Waals surface area contributed by atoms with Gasteiger partial charge in [-0.3, -0.25) is 19.8 Å². The number of nitrogens with one attached hydrogen (secondary N) is 1. The van der Waals surface area contributed by atoms with E-state index in [-0.39, 0.29) is 34.3 Å². The first kappa shape index (κ1) is 24.9. The second kappa shape index (κ2) is 10.5. The van der Waals surface area contributed by atoms with Crippen LogP contribution in [0, 0.1) is 17.1 Å². The van der Waals surface area contributed by atoms with Crippen molar-refractivity contribution >= 4 is 23.3 Å². The molecule has 1 aliphatic heterocycles. The molecule has 180 valence electrons. The van der Waals surface area contributed by atoms with Crippen LogP contribution in [0.25, 0.3) is 0 Å². The summed E-state index contributed by atoms with van der Waals surface area (Å²) in [6.07, 6.45) is 4.80. The molecular formula is C25H28FN3O5. The van der Waals surface area contributed by atoms with Crippen LogP contribution >= 0.6 is 0 Å². The predicted molar refractivity (Wildman–Crippen MR) is 124 cm³/mol. The minimum atomic E-state index is -1.16. The number of amides is 2. The zero-order chi connectivity index (χ0) is 25.0. The lowest BCUT2D eigenvalue weighted by atomic mass is 9.89. The summed E-state index contributed by atoms with van der Waals surface area (Å²) in [7, 11) is 4.11. The zero-order valence-corrected chi connectivity index (χ0v) is 19.4. The van der Waals surface area contributed by atoms with Crippen LogP contribution in [-0.2, 0) is 25.5 Å². The van der Waals surface area contributed by atoms with Gasteiger partial charge in [-0.2, -0.15) is 0 Å². The molecule has 0 unspecified atom stereocenters. The number of carbonyl (C=O) groups excluding carboxylic acids is 3. The third kappa shape index (κ3) is 5.41. The van der Waals surface area contributed by atoms with Crippen LogP contribution in [0.5, 0.6) is 0 Å². The monoisotopic (exact) mass is 469 g/mol. The number of ketones is 1. The van der Waals surface area contributed by atoms with Gasteiger partial charge < -0.3 is 19.6 Å². The lowest BCUT2D eigenvalue weighted by molar-refractivity contribution is -0.142. The Morgan fingerprint density at radius 3 is 2.32 bits per heavy atom. The molecule has 8 nitrogen and oxygen atoms in total. The summed E-state index contributed by atoms with van der Waals surface area (Å²) in [4.78, 5) is 40.2. The normalized spacial score (nSPS) is 18.1. The summed E-state index contributed by atoms with van der Waals surface area (Å²) >= 11 is 0. The van der Waals surface area contributed by atoms with Gasteiger partial charge in [-0.15, -0.1) is 0 Å². The molecule has 0 aromatic heterocycles. The fraction of sp³-hybridized carbons (Fsp3) is 0.360. The fourth-order valence-electron chi connectivity index (χ4n) is 4.00. The maximum atomic E-state index is 13.3. The molecule has 9 heteroatoms. The molecule has 1 fully saturated rings. The first-order valence-corrected chi connectivity index (χ1v) is 10.9. The molecular weight excluding hydrogens is 441 g/mol. The molecule has 2 N–H and O–H groups in total. The van der Waals surface area contributed by atoms with Crippen molar-refractivity contribution in [2.24, 2.45) is 5.92 Å². The number of nitrogens with zero attached hydrogens (tertiary/aromatic N) is 2. The Kier molecular flexibility index (Phi) is 7.65. The van der Waals surface area contributed by atoms with Crippen molar-refractivity contribution in [1.29, 1.82) is 5.41 Å². The number of allylic oxidation sites excluding steroid dienone is 3. The summed E-state index contributed by atoms with van der Waals surface area (Å²) in [5, 5.41) is 18.5. The molecule has 0 saturated carbocycles. The zero-order valence-electron chi connectivity index (χ0n) is 19.4. The van der Waals surface area contributed by atoms with Crippen molar-refractivity contribution in [3.05, 3.63) is 70.5 Å². The second-order valence-electron chi connectivity index (χ2n) is 8.54. The van der Waals surface area contributed by atoms with E-state index in [1.54, 1.807) is 17.0 Å². The first-order valence-electron chi connectivity index (χ1n) is 10.9. The predicted octanol–water partition coefficient (Wildman–Crippen LogP) is 2.57. The van der Waals surface area contributed by atoms with Gasteiger partial charge in [0, 0.05) is 38.8 Å². The summed E-state index contributed by atoms with van der Waals surface area (Å²) in [6.45, 7) is 0.999. The van der Waals surface area contributed by atoms with Gasteiger partial charge in [-0.1, -0.05) is 12.1 Å². The number of methoxy groups -OCH3 is 1. The number of benzene rings is 1. The molecule has 0 bridgehead atoms. The van der Waals surface area contributed by atoms with Crippen LogP contribution in [0.15, 0.2) is 59.1 Å². The molecule has 34 heavy (non-hydrogen) atoms. The molecule has 1 heterocycles. The van der Waals surface area contributed by atoms with E-state index in [9.17, 15) is 23.9 Å². The summed E-state index contributed by atoms with van der Waals surface area (Å²) in [5.41, 5.74) is 0.688. The highest BCUT2D eigenvalue weighted by Gasteiger charge is 2.32. The fourth-order valence-corrected chi connectivity index (χ4v) is 4.00. The number of halogens is 1. The van der Waals surface area contributed by atoms with E-state index >= 15 is 0 Å². The highest BCUT2D eigenvalue weighted by atomic mass is 19.1. The topological polar surface area (TPSA) is 111 Å². The molecule has 2 amide bonds. The lowest BCUT2D eigenvalue weighted by Gasteiger charge is -2.33. The number of Topliss-reactive ketones (excluding diaryl/α,β-unsaturated/α-hetero) is 1. The van der Waals surface area contributed by atoms with Crippen molar-refractivity contribution in [1.82, 2.24) is 9.80 Å². The SMILES string of the molecule is COC1=CC(=N)/C(=C(\O)C(=O)C(=O)N(C)C)C=C1C(=O)N1CCC(Cc2ccc(F)cc2)CC1. The Labute approximate surface area is 197 Å². The number of likely N-dealkylation sites (tertiary alicyclic amines) is 1. The number of hydrogen-bond acceptors (Lipinski definition) is 6. The van der Waals surface area contributed by atoms with Crippen LogP contribution in [0.2, 0.25) is 0 Å². The Morgan fingerprint density at radius 2 is 1.76 bits per heavy atom. The Bertz CT molecular complexity index is 1090. The summed E-state index contributed by atoms with van der Waals surface area (Å²) in [6, 6.07) is 6.42. The number of rotatable bonds is 6. The Hall–Kier alpha value is -3.75. The lowest BCUT2D eigenvalue weighted by Crippen LogP contribution is -2.40. The third-order valence-corrected chi connectivity index (χ3v) is 5.98. The van der Waals surface area contributed by atoms with Gasteiger partial charge in [-0.25, -0.2) is 4.39 Å². The average molecular weight is 470 g/mol. The molecule has 0 spiro atoms. The van der Waals surface area contributed by atoms with Gasteiger partial charge in [0.05, 0.1) is 18.4 Å². The van der Waals surface area contributed by atoms with Crippen molar-refractivity contribution in [3.63, 3.8) is 0 Å². The van der Waals surface area contributed by atoms with Crippen LogP contribution in [-0.4, -0.2) is 72.5 Å². The number of aliphatic hydroxyl groups excluding tert-OH is 1. The summed E-state index contributed by atoms with van der Waals surface area (Å²) < 4.78 is 18.4. The minimum absolute atomic E-state index is 0.0992. The van der Waals surface area contributed by atoms with Crippen molar-refractivity contribution in [3.8, 4) is 0 Å².